The Morgan fingerprint density at radius 2 is 2.29 bits per heavy atom. The van der Waals surface area contributed by atoms with Gasteiger partial charge >= 0.3 is 0 Å². The Morgan fingerprint density at radius 1 is 1.53 bits per heavy atom. The van der Waals surface area contributed by atoms with E-state index in [-0.39, 0.29) is 18.6 Å². The largest absolute Gasteiger partial charge is 0.394 e. The van der Waals surface area contributed by atoms with E-state index in [1.807, 2.05) is 30.5 Å². The average Bonchev–Trinajstić information content (AvgIpc) is 2.86. The number of carbonyl (C=O) groups is 1. The van der Waals surface area contributed by atoms with Gasteiger partial charge in [0.05, 0.1) is 18.2 Å². The topological polar surface area (TPSA) is 40.5 Å². The van der Waals surface area contributed by atoms with Gasteiger partial charge in [-0.15, -0.1) is 11.8 Å². The van der Waals surface area contributed by atoms with Crippen molar-refractivity contribution in [3.63, 3.8) is 0 Å². The summed E-state index contributed by atoms with van der Waals surface area (Å²) in [5.74, 6) is 0.0477. The van der Waals surface area contributed by atoms with Crippen LogP contribution >= 0.6 is 11.8 Å². The molecule has 1 N–H and O–H groups in total. The second-order valence-corrected chi connectivity index (χ2v) is 5.03. The smallest absolute Gasteiger partial charge is 0.255 e. The minimum absolute atomic E-state index is 0.00240. The molecule has 92 valence electrons. The van der Waals surface area contributed by atoms with Crippen molar-refractivity contribution in [2.24, 2.45) is 0 Å². The quantitative estimate of drug-likeness (QED) is 0.835. The standard InChI is InChI=1S/C13H17NO2S/c1-17-12-7-3-2-6-11(12)13(16)14-8-4-5-10(14)9-15/h2-3,6-7,10,15H,4-5,8-9H2,1H3/t10-/m0/s1. The first-order chi connectivity index (χ1) is 8.27. The zero-order valence-electron chi connectivity index (χ0n) is 9.93. The highest BCUT2D eigenvalue weighted by molar-refractivity contribution is 7.98. The number of aliphatic hydroxyl groups is 1. The predicted octanol–water partition coefficient (Wildman–Crippen LogP) is 2.01. The van der Waals surface area contributed by atoms with Gasteiger partial charge in [-0.2, -0.15) is 0 Å². The minimum atomic E-state index is -0.00240. The van der Waals surface area contributed by atoms with Crippen LogP contribution in [0.2, 0.25) is 0 Å². The van der Waals surface area contributed by atoms with Crippen LogP contribution in [-0.2, 0) is 0 Å². The number of benzene rings is 1. The normalized spacial score (nSPS) is 19.6. The van der Waals surface area contributed by atoms with E-state index in [1.54, 1.807) is 16.7 Å². The first-order valence-corrected chi connectivity index (χ1v) is 7.05. The molecule has 3 nitrogen and oxygen atoms in total. The van der Waals surface area contributed by atoms with Crippen LogP contribution in [0, 0.1) is 0 Å². The molecule has 1 saturated heterocycles. The van der Waals surface area contributed by atoms with Crippen LogP contribution in [0.4, 0.5) is 0 Å². The molecule has 1 aromatic carbocycles. The molecule has 0 radical (unpaired) electrons. The highest BCUT2D eigenvalue weighted by atomic mass is 32.2. The maximum absolute atomic E-state index is 12.4. The van der Waals surface area contributed by atoms with Crippen LogP contribution < -0.4 is 0 Å². The number of thioether (sulfide) groups is 1. The second-order valence-electron chi connectivity index (χ2n) is 4.18. The number of aliphatic hydroxyl groups excluding tert-OH is 1. The van der Waals surface area contributed by atoms with E-state index in [0.29, 0.717) is 0 Å². The lowest BCUT2D eigenvalue weighted by atomic mass is 10.1. The van der Waals surface area contributed by atoms with Gasteiger partial charge in [-0.25, -0.2) is 0 Å². The Kier molecular flexibility index (Phi) is 4.07. The molecule has 1 fully saturated rings. The van der Waals surface area contributed by atoms with E-state index < -0.39 is 0 Å². The molecular weight excluding hydrogens is 234 g/mol. The Balaban J connectivity index is 2.24. The maximum atomic E-state index is 12.4. The van der Waals surface area contributed by atoms with Crippen LogP contribution in [0.15, 0.2) is 29.2 Å². The van der Waals surface area contributed by atoms with Gasteiger partial charge in [0, 0.05) is 11.4 Å². The number of likely N-dealkylation sites (tertiary alicyclic amines) is 1. The van der Waals surface area contributed by atoms with E-state index in [2.05, 4.69) is 0 Å². The van der Waals surface area contributed by atoms with Gasteiger partial charge in [0.1, 0.15) is 0 Å². The summed E-state index contributed by atoms with van der Waals surface area (Å²) in [6, 6.07) is 7.65. The maximum Gasteiger partial charge on any atom is 0.255 e. The molecule has 0 bridgehead atoms. The number of amides is 1. The third-order valence-corrected chi connectivity index (χ3v) is 3.98. The molecule has 0 unspecified atom stereocenters. The number of carbonyl (C=O) groups excluding carboxylic acids is 1. The monoisotopic (exact) mass is 251 g/mol. The minimum Gasteiger partial charge on any atom is -0.394 e. The molecule has 1 aliphatic heterocycles. The molecular formula is C13H17NO2S. The average molecular weight is 251 g/mol. The Labute approximate surface area is 106 Å². The number of hydrogen-bond donors (Lipinski definition) is 1. The molecule has 17 heavy (non-hydrogen) atoms. The summed E-state index contributed by atoms with van der Waals surface area (Å²) in [5.41, 5.74) is 0.750. The first kappa shape index (κ1) is 12.5. The molecule has 1 aliphatic rings. The summed E-state index contributed by atoms with van der Waals surface area (Å²) in [6.45, 7) is 0.819. The molecule has 2 rings (SSSR count). The second kappa shape index (κ2) is 5.56. The van der Waals surface area contributed by atoms with Gasteiger partial charge in [0.2, 0.25) is 0 Å². The highest BCUT2D eigenvalue weighted by Gasteiger charge is 2.29. The van der Waals surface area contributed by atoms with Crippen LogP contribution in [0.5, 0.6) is 0 Å². The van der Waals surface area contributed by atoms with Crippen molar-refractivity contribution in [2.45, 2.75) is 23.8 Å². The molecule has 1 amide bonds. The SMILES string of the molecule is CSc1ccccc1C(=O)N1CCC[C@H]1CO. The van der Waals surface area contributed by atoms with Crippen LogP contribution in [0.3, 0.4) is 0 Å². The lowest BCUT2D eigenvalue weighted by Crippen LogP contribution is -2.37. The molecule has 4 heteroatoms. The van der Waals surface area contributed by atoms with Gasteiger partial charge in [0.15, 0.2) is 0 Å². The van der Waals surface area contributed by atoms with Crippen LogP contribution in [0.25, 0.3) is 0 Å². The predicted molar refractivity (Wildman–Crippen MR) is 69.4 cm³/mol. The van der Waals surface area contributed by atoms with Gasteiger partial charge < -0.3 is 10.0 Å². The number of rotatable bonds is 3. The molecule has 1 atom stereocenters. The lowest BCUT2D eigenvalue weighted by Gasteiger charge is -2.23. The van der Waals surface area contributed by atoms with Crippen molar-refractivity contribution in [1.29, 1.82) is 0 Å². The fraction of sp³-hybridized carbons (Fsp3) is 0.462. The Hall–Kier alpha value is -1.00. The van der Waals surface area contributed by atoms with Gasteiger partial charge in [-0.3, -0.25) is 4.79 Å². The third kappa shape index (κ3) is 2.48. The summed E-state index contributed by atoms with van der Waals surface area (Å²) in [7, 11) is 0. The molecule has 0 aliphatic carbocycles. The zero-order valence-corrected chi connectivity index (χ0v) is 10.7. The fourth-order valence-electron chi connectivity index (χ4n) is 2.27. The number of hydrogen-bond acceptors (Lipinski definition) is 3. The first-order valence-electron chi connectivity index (χ1n) is 5.82. The van der Waals surface area contributed by atoms with Gasteiger partial charge in [-0.05, 0) is 31.2 Å². The molecule has 0 aromatic heterocycles. The summed E-state index contributed by atoms with van der Waals surface area (Å²) < 4.78 is 0. The van der Waals surface area contributed by atoms with E-state index in [4.69, 9.17) is 0 Å². The van der Waals surface area contributed by atoms with Crippen molar-refractivity contribution < 1.29 is 9.90 Å². The summed E-state index contributed by atoms with van der Waals surface area (Å²) in [4.78, 5) is 15.2. The van der Waals surface area contributed by atoms with Crippen molar-refractivity contribution in [3.8, 4) is 0 Å². The van der Waals surface area contributed by atoms with E-state index in [1.165, 1.54) is 0 Å². The van der Waals surface area contributed by atoms with Gasteiger partial charge in [0.25, 0.3) is 5.91 Å². The molecule has 1 heterocycles. The zero-order chi connectivity index (χ0) is 12.3. The lowest BCUT2D eigenvalue weighted by molar-refractivity contribution is 0.0674. The van der Waals surface area contributed by atoms with Crippen molar-refractivity contribution >= 4 is 17.7 Å². The van der Waals surface area contributed by atoms with Crippen molar-refractivity contribution in [2.75, 3.05) is 19.4 Å². The third-order valence-electron chi connectivity index (χ3n) is 3.19. The van der Waals surface area contributed by atoms with Gasteiger partial charge in [-0.1, -0.05) is 12.1 Å². The van der Waals surface area contributed by atoms with Crippen molar-refractivity contribution in [1.82, 2.24) is 4.90 Å². The van der Waals surface area contributed by atoms with Crippen molar-refractivity contribution in [3.05, 3.63) is 29.8 Å². The van der Waals surface area contributed by atoms with E-state index in [9.17, 15) is 9.90 Å². The van der Waals surface area contributed by atoms with Crippen LogP contribution in [0.1, 0.15) is 23.2 Å². The summed E-state index contributed by atoms with van der Waals surface area (Å²) >= 11 is 1.58. The Morgan fingerprint density at radius 3 is 3.00 bits per heavy atom. The van der Waals surface area contributed by atoms with E-state index in [0.717, 1.165) is 29.8 Å². The summed E-state index contributed by atoms with van der Waals surface area (Å²) in [6.07, 6.45) is 3.86. The molecule has 0 spiro atoms. The van der Waals surface area contributed by atoms with E-state index >= 15 is 0 Å². The Bertz CT molecular complexity index is 408. The fourth-order valence-corrected chi connectivity index (χ4v) is 2.86. The molecule has 0 saturated carbocycles. The number of nitrogens with zero attached hydrogens (tertiary/aromatic N) is 1. The molecule has 1 aromatic rings. The highest BCUT2D eigenvalue weighted by Crippen LogP contribution is 2.25. The summed E-state index contributed by atoms with van der Waals surface area (Å²) in [5, 5.41) is 9.26. The van der Waals surface area contributed by atoms with Crippen LogP contribution in [-0.4, -0.2) is 41.4 Å².